The van der Waals surface area contributed by atoms with E-state index < -0.39 is 5.97 Å². The van der Waals surface area contributed by atoms with Crippen LogP contribution in [0.2, 0.25) is 0 Å². The van der Waals surface area contributed by atoms with E-state index in [1.165, 1.54) is 6.07 Å². The number of carboxylic acids is 1. The molecule has 0 aromatic heterocycles. The van der Waals surface area contributed by atoms with E-state index in [9.17, 15) is 14.0 Å². The number of ether oxygens (including phenoxy) is 1. The molecule has 0 radical (unpaired) electrons. The van der Waals surface area contributed by atoms with Crippen molar-refractivity contribution in [1.82, 2.24) is 4.90 Å². The number of carbonyl (C=O) groups excluding carboxylic acids is 1. The van der Waals surface area contributed by atoms with Gasteiger partial charge in [0.2, 0.25) is 5.91 Å². The van der Waals surface area contributed by atoms with Crippen molar-refractivity contribution in [3.8, 4) is 0 Å². The molecule has 0 saturated carbocycles. The number of rotatable bonds is 7. The summed E-state index contributed by atoms with van der Waals surface area (Å²) in [5.41, 5.74) is 0.510. The van der Waals surface area contributed by atoms with Crippen LogP contribution in [0.15, 0.2) is 24.3 Å². The Morgan fingerprint density at radius 1 is 1.33 bits per heavy atom. The van der Waals surface area contributed by atoms with Crippen LogP contribution in [-0.2, 0) is 14.3 Å². The Labute approximate surface area is 141 Å². The third-order valence-electron chi connectivity index (χ3n) is 4.44. The van der Waals surface area contributed by atoms with E-state index >= 15 is 0 Å². The molecular weight excluding hydrogens is 313 g/mol. The van der Waals surface area contributed by atoms with Gasteiger partial charge in [-0.25, -0.2) is 4.39 Å². The van der Waals surface area contributed by atoms with Crippen molar-refractivity contribution in [3.05, 3.63) is 35.6 Å². The Morgan fingerprint density at radius 3 is 2.62 bits per heavy atom. The maximum Gasteiger partial charge on any atom is 0.305 e. The highest BCUT2D eigenvalue weighted by Crippen LogP contribution is 2.24. The molecule has 1 heterocycles. The molecule has 5 nitrogen and oxygen atoms in total. The fourth-order valence-corrected chi connectivity index (χ4v) is 3.09. The minimum atomic E-state index is -0.929. The van der Waals surface area contributed by atoms with Crippen molar-refractivity contribution in [3.63, 3.8) is 0 Å². The zero-order valence-corrected chi connectivity index (χ0v) is 13.9. The Kier molecular flexibility index (Phi) is 6.73. The van der Waals surface area contributed by atoms with Crippen LogP contribution in [0.4, 0.5) is 4.39 Å². The topological polar surface area (TPSA) is 66.8 Å². The van der Waals surface area contributed by atoms with E-state index in [-0.39, 0.29) is 43.1 Å². The van der Waals surface area contributed by atoms with E-state index in [1.807, 2.05) is 6.92 Å². The summed E-state index contributed by atoms with van der Waals surface area (Å²) in [6, 6.07) is 6.44. The molecule has 1 fully saturated rings. The highest BCUT2D eigenvalue weighted by molar-refractivity contribution is 5.78. The SMILES string of the molecule is CC(CC(=O)N(CCC(=O)O)C1CCOCC1)c1ccccc1F. The molecular formula is C18H24FNO4. The molecule has 2 rings (SSSR count). The maximum absolute atomic E-state index is 13.9. The molecule has 0 bridgehead atoms. The number of hydrogen-bond donors (Lipinski definition) is 1. The van der Waals surface area contributed by atoms with Crippen molar-refractivity contribution in [1.29, 1.82) is 0 Å². The van der Waals surface area contributed by atoms with Gasteiger partial charge < -0.3 is 14.7 Å². The molecule has 1 aliphatic heterocycles. The van der Waals surface area contributed by atoms with E-state index in [0.717, 1.165) is 0 Å². The van der Waals surface area contributed by atoms with Crippen LogP contribution in [0.25, 0.3) is 0 Å². The molecule has 1 amide bonds. The molecule has 1 aromatic carbocycles. The Bertz CT molecular complexity index is 572. The van der Waals surface area contributed by atoms with Crippen molar-refractivity contribution < 1.29 is 23.8 Å². The highest BCUT2D eigenvalue weighted by atomic mass is 19.1. The summed E-state index contributed by atoms with van der Waals surface area (Å²) in [4.78, 5) is 25.3. The summed E-state index contributed by atoms with van der Waals surface area (Å²) in [7, 11) is 0. The Hall–Kier alpha value is -1.95. The molecule has 1 aliphatic rings. The van der Waals surface area contributed by atoms with Gasteiger partial charge in [-0.3, -0.25) is 9.59 Å². The molecule has 0 spiro atoms. The van der Waals surface area contributed by atoms with Gasteiger partial charge in [0.05, 0.1) is 6.42 Å². The first-order valence-corrected chi connectivity index (χ1v) is 8.32. The largest absolute Gasteiger partial charge is 0.481 e. The fraction of sp³-hybridized carbons (Fsp3) is 0.556. The number of nitrogens with zero attached hydrogens (tertiary/aromatic N) is 1. The lowest BCUT2D eigenvalue weighted by molar-refractivity contribution is -0.140. The summed E-state index contributed by atoms with van der Waals surface area (Å²) < 4.78 is 19.2. The molecule has 1 saturated heterocycles. The summed E-state index contributed by atoms with van der Waals surface area (Å²) in [6.07, 6.45) is 1.49. The summed E-state index contributed by atoms with van der Waals surface area (Å²) in [5.74, 6) is -1.63. The first-order valence-electron chi connectivity index (χ1n) is 8.32. The zero-order valence-electron chi connectivity index (χ0n) is 13.9. The predicted molar refractivity (Wildman–Crippen MR) is 87.2 cm³/mol. The first kappa shape index (κ1) is 18.4. The van der Waals surface area contributed by atoms with Gasteiger partial charge in [0, 0.05) is 32.2 Å². The van der Waals surface area contributed by atoms with Crippen LogP contribution in [0.3, 0.4) is 0 Å². The van der Waals surface area contributed by atoms with Gasteiger partial charge in [-0.05, 0) is 30.4 Å². The van der Waals surface area contributed by atoms with E-state index in [1.54, 1.807) is 23.1 Å². The third-order valence-corrected chi connectivity index (χ3v) is 4.44. The highest BCUT2D eigenvalue weighted by Gasteiger charge is 2.27. The minimum absolute atomic E-state index is 0.00146. The quantitative estimate of drug-likeness (QED) is 0.831. The Balaban J connectivity index is 2.05. The van der Waals surface area contributed by atoms with Gasteiger partial charge in [0.1, 0.15) is 5.82 Å². The lowest BCUT2D eigenvalue weighted by Gasteiger charge is -2.34. The van der Waals surface area contributed by atoms with E-state index in [0.29, 0.717) is 31.6 Å². The van der Waals surface area contributed by atoms with Gasteiger partial charge in [-0.1, -0.05) is 25.1 Å². The van der Waals surface area contributed by atoms with Crippen LogP contribution in [0.1, 0.15) is 44.1 Å². The molecule has 0 aliphatic carbocycles. The van der Waals surface area contributed by atoms with Gasteiger partial charge in [0.25, 0.3) is 0 Å². The number of carboxylic acid groups (broad SMARTS) is 1. The van der Waals surface area contributed by atoms with E-state index in [4.69, 9.17) is 9.84 Å². The third kappa shape index (κ3) is 5.03. The second kappa shape index (κ2) is 8.78. The maximum atomic E-state index is 13.9. The smallest absolute Gasteiger partial charge is 0.305 e. The second-order valence-corrected chi connectivity index (χ2v) is 6.20. The molecule has 1 aromatic rings. The molecule has 24 heavy (non-hydrogen) atoms. The standard InChI is InChI=1S/C18H24FNO4/c1-13(15-4-2-3-5-16(15)19)12-17(21)20(9-6-18(22)23)14-7-10-24-11-8-14/h2-5,13-14H,6-12H2,1H3,(H,22,23). The van der Waals surface area contributed by atoms with Crippen LogP contribution in [0, 0.1) is 5.82 Å². The first-order chi connectivity index (χ1) is 11.5. The van der Waals surface area contributed by atoms with Crippen LogP contribution >= 0.6 is 0 Å². The number of carbonyl (C=O) groups is 2. The number of halogens is 1. The van der Waals surface area contributed by atoms with Crippen molar-refractivity contribution in [2.24, 2.45) is 0 Å². The average molecular weight is 337 g/mol. The van der Waals surface area contributed by atoms with E-state index in [2.05, 4.69) is 0 Å². The average Bonchev–Trinajstić information content (AvgIpc) is 2.56. The predicted octanol–water partition coefficient (Wildman–Crippen LogP) is 2.80. The van der Waals surface area contributed by atoms with Gasteiger partial charge >= 0.3 is 5.97 Å². The molecule has 6 heteroatoms. The van der Waals surface area contributed by atoms with Crippen LogP contribution < -0.4 is 0 Å². The van der Waals surface area contributed by atoms with Crippen molar-refractivity contribution >= 4 is 11.9 Å². The zero-order chi connectivity index (χ0) is 17.5. The normalized spacial score (nSPS) is 16.6. The molecule has 1 unspecified atom stereocenters. The minimum Gasteiger partial charge on any atom is -0.481 e. The molecule has 1 atom stereocenters. The number of hydrogen-bond acceptors (Lipinski definition) is 3. The number of aliphatic carboxylic acids is 1. The fourth-order valence-electron chi connectivity index (χ4n) is 3.09. The number of benzene rings is 1. The lowest BCUT2D eigenvalue weighted by Crippen LogP contribution is -2.44. The van der Waals surface area contributed by atoms with Crippen molar-refractivity contribution in [2.45, 2.75) is 44.6 Å². The number of amides is 1. The molecule has 132 valence electrons. The summed E-state index contributed by atoms with van der Waals surface area (Å²) in [6.45, 7) is 3.15. The summed E-state index contributed by atoms with van der Waals surface area (Å²) in [5, 5.41) is 8.93. The van der Waals surface area contributed by atoms with Crippen molar-refractivity contribution in [2.75, 3.05) is 19.8 Å². The summed E-state index contributed by atoms with van der Waals surface area (Å²) >= 11 is 0. The second-order valence-electron chi connectivity index (χ2n) is 6.20. The lowest BCUT2D eigenvalue weighted by atomic mass is 9.95. The monoisotopic (exact) mass is 337 g/mol. The van der Waals surface area contributed by atoms with Gasteiger partial charge in [-0.15, -0.1) is 0 Å². The van der Waals surface area contributed by atoms with Gasteiger partial charge in [0.15, 0.2) is 0 Å². The molecule has 1 N–H and O–H groups in total. The van der Waals surface area contributed by atoms with Crippen LogP contribution in [0.5, 0.6) is 0 Å². The van der Waals surface area contributed by atoms with Gasteiger partial charge in [-0.2, -0.15) is 0 Å². The Morgan fingerprint density at radius 2 is 2.00 bits per heavy atom. The van der Waals surface area contributed by atoms with Crippen LogP contribution in [-0.4, -0.2) is 47.7 Å².